The molecule has 2 saturated carbocycles. The van der Waals surface area contributed by atoms with Gasteiger partial charge in [0.15, 0.2) is 0 Å². The normalized spacial score (nSPS) is 27.7. The third-order valence-electron chi connectivity index (χ3n) is 5.43. The van der Waals surface area contributed by atoms with Gasteiger partial charge < -0.3 is 10.1 Å². The van der Waals surface area contributed by atoms with Crippen molar-refractivity contribution in [2.45, 2.75) is 71.1 Å². The van der Waals surface area contributed by atoms with Gasteiger partial charge >= 0.3 is 0 Å². The van der Waals surface area contributed by atoms with Crippen molar-refractivity contribution in [2.24, 2.45) is 5.41 Å². The van der Waals surface area contributed by atoms with Crippen LogP contribution in [0.1, 0.15) is 51.0 Å². The second-order valence-electron chi connectivity index (χ2n) is 6.76. The first-order valence-electron chi connectivity index (χ1n) is 8.58. The van der Waals surface area contributed by atoms with E-state index in [1.54, 1.807) is 0 Å². The van der Waals surface area contributed by atoms with Crippen molar-refractivity contribution in [1.82, 2.24) is 15.1 Å². The van der Waals surface area contributed by atoms with Crippen LogP contribution in [0, 0.1) is 12.3 Å². The van der Waals surface area contributed by atoms with Gasteiger partial charge in [-0.25, -0.2) is 0 Å². The minimum atomic E-state index is 0.425. The van der Waals surface area contributed by atoms with Crippen molar-refractivity contribution in [3.8, 4) is 0 Å². The van der Waals surface area contributed by atoms with Crippen molar-refractivity contribution in [3.63, 3.8) is 0 Å². The van der Waals surface area contributed by atoms with Crippen LogP contribution in [0.15, 0.2) is 12.4 Å². The van der Waals surface area contributed by atoms with E-state index in [0.29, 0.717) is 17.6 Å². The molecule has 1 aromatic heterocycles. The first-order valence-corrected chi connectivity index (χ1v) is 8.58. The summed E-state index contributed by atoms with van der Waals surface area (Å²) in [5, 5.41) is 8.14. The van der Waals surface area contributed by atoms with E-state index in [9.17, 15) is 0 Å². The van der Waals surface area contributed by atoms with Crippen LogP contribution < -0.4 is 5.32 Å². The lowest BCUT2D eigenvalue weighted by molar-refractivity contribution is -0.149. The Balaban J connectivity index is 1.52. The van der Waals surface area contributed by atoms with Crippen molar-refractivity contribution < 1.29 is 4.74 Å². The van der Waals surface area contributed by atoms with Gasteiger partial charge in [-0.2, -0.15) is 5.10 Å². The van der Waals surface area contributed by atoms with Gasteiger partial charge in [0, 0.05) is 30.8 Å². The molecule has 1 N–H and O–H groups in total. The lowest BCUT2D eigenvalue weighted by Crippen LogP contribution is -2.64. The van der Waals surface area contributed by atoms with Gasteiger partial charge in [0.25, 0.3) is 0 Å². The minimum absolute atomic E-state index is 0.425. The van der Waals surface area contributed by atoms with E-state index in [0.717, 1.165) is 19.7 Å². The van der Waals surface area contributed by atoms with E-state index >= 15 is 0 Å². The summed E-state index contributed by atoms with van der Waals surface area (Å²) in [6.45, 7) is 7.03. The summed E-state index contributed by atoms with van der Waals surface area (Å²) in [4.78, 5) is 0. The Kier molecular flexibility index (Phi) is 4.65. The topological polar surface area (TPSA) is 39.1 Å². The lowest BCUT2D eigenvalue weighted by atomic mass is 9.55. The quantitative estimate of drug-likeness (QED) is 0.876. The summed E-state index contributed by atoms with van der Waals surface area (Å²) < 4.78 is 8.05. The Labute approximate surface area is 128 Å². The molecule has 0 radical (unpaired) electrons. The van der Waals surface area contributed by atoms with E-state index < -0.39 is 0 Å². The molecule has 3 rings (SSSR count). The highest BCUT2D eigenvalue weighted by molar-refractivity contribution is 5.09. The minimum Gasteiger partial charge on any atom is -0.378 e. The number of aryl methyl sites for hydroxylation is 1. The SMILES string of the molecule is CCOC1CC(NCCn2cc(C)cn2)C12CCCCC2. The molecule has 2 aliphatic rings. The molecular weight excluding hydrogens is 262 g/mol. The maximum Gasteiger partial charge on any atom is 0.0661 e. The average molecular weight is 291 g/mol. The average Bonchev–Trinajstić information content (AvgIpc) is 2.92. The largest absolute Gasteiger partial charge is 0.378 e. The maximum absolute atomic E-state index is 6.01. The van der Waals surface area contributed by atoms with Crippen LogP contribution in [0.5, 0.6) is 0 Å². The van der Waals surface area contributed by atoms with Gasteiger partial charge in [-0.3, -0.25) is 4.68 Å². The monoisotopic (exact) mass is 291 g/mol. The standard InChI is InChI=1S/C17H29N3O/c1-3-21-16-11-15(17(16)7-5-4-6-8-17)18-9-10-20-13-14(2)12-19-20/h12-13,15-16,18H,3-11H2,1-2H3. The Morgan fingerprint density at radius 2 is 2.19 bits per heavy atom. The molecule has 0 bridgehead atoms. The maximum atomic E-state index is 6.01. The van der Waals surface area contributed by atoms with Crippen LogP contribution in [-0.2, 0) is 11.3 Å². The zero-order valence-electron chi connectivity index (χ0n) is 13.5. The van der Waals surface area contributed by atoms with Crippen molar-refractivity contribution in [2.75, 3.05) is 13.2 Å². The molecule has 2 atom stereocenters. The summed E-state index contributed by atoms with van der Waals surface area (Å²) in [5.41, 5.74) is 1.66. The summed E-state index contributed by atoms with van der Waals surface area (Å²) in [7, 11) is 0. The van der Waals surface area contributed by atoms with Crippen LogP contribution in [0.25, 0.3) is 0 Å². The van der Waals surface area contributed by atoms with Crippen LogP contribution >= 0.6 is 0 Å². The van der Waals surface area contributed by atoms with Gasteiger partial charge in [-0.05, 0) is 38.7 Å². The van der Waals surface area contributed by atoms with Gasteiger partial charge in [0.1, 0.15) is 0 Å². The molecule has 0 saturated heterocycles. The van der Waals surface area contributed by atoms with Crippen molar-refractivity contribution in [3.05, 3.63) is 18.0 Å². The fourth-order valence-corrected chi connectivity index (χ4v) is 4.29. The number of rotatable bonds is 6. The highest BCUT2D eigenvalue weighted by Crippen LogP contribution is 2.53. The molecule has 4 nitrogen and oxygen atoms in total. The van der Waals surface area contributed by atoms with Gasteiger partial charge in [0.05, 0.1) is 18.8 Å². The zero-order valence-corrected chi connectivity index (χ0v) is 13.5. The molecule has 1 aromatic rings. The molecule has 0 amide bonds. The van der Waals surface area contributed by atoms with Crippen LogP contribution in [-0.4, -0.2) is 35.1 Å². The molecule has 2 aliphatic carbocycles. The number of nitrogens with one attached hydrogen (secondary N) is 1. The molecule has 2 fully saturated rings. The molecule has 1 heterocycles. The molecule has 4 heteroatoms. The first kappa shape index (κ1) is 15.0. The Bertz CT molecular complexity index is 451. The van der Waals surface area contributed by atoms with Crippen LogP contribution in [0.4, 0.5) is 0 Å². The molecule has 2 unspecified atom stereocenters. The molecule has 118 valence electrons. The summed E-state index contributed by atoms with van der Waals surface area (Å²) in [5.74, 6) is 0. The lowest BCUT2D eigenvalue weighted by Gasteiger charge is -2.58. The molecule has 1 spiro atoms. The summed E-state index contributed by atoms with van der Waals surface area (Å²) in [6.07, 6.45) is 12.6. The molecule has 21 heavy (non-hydrogen) atoms. The first-order chi connectivity index (χ1) is 10.2. The van der Waals surface area contributed by atoms with Crippen molar-refractivity contribution >= 4 is 0 Å². The second kappa shape index (κ2) is 6.49. The fraction of sp³-hybridized carbons (Fsp3) is 0.824. The van der Waals surface area contributed by atoms with E-state index in [-0.39, 0.29) is 0 Å². The summed E-state index contributed by atoms with van der Waals surface area (Å²) in [6, 6.07) is 0.644. The predicted octanol–water partition coefficient (Wildman–Crippen LogP) is 2.91. The highest BCUT2D eigenvalue weighted by Gasteiger charge is 2.55. The van der Waals surface area contributed by atoms with Crippen LogP contribution in [0.2, 0.25) is 0 Å². The number of nitrogens with zero attached hydrogens (tertiary/aromatic N) is 2. The zero-order chi connectivity index (χ0) is 14.7. The molecule has 0 aromatic carbocycles. The Morgan fingerprint density at radius 3 is 2.86 bits per heavy atom. The fourth-order valence-electron chi connectivity index (χ4n) is 4.29. The Hall–Kier alpha value is -0.870. The highest BCUT2D eigenvalue weighted by atomic mass is 16.5. The number of hydrogen-bond donors (Lipinski definition) is 1. The third-order valence-corrected chi connectivity index (χ3v) is 5.43. The summed E-state index contributed by atoms with van der Waals surface area (Å²) >= 11 is 0. The smallest absolute Gasteiger partial charge is 0.0661 e. The molecular formula is C17H29N3O. The number of ether oxygens (including phenoxy) is 1. The van der Waals surface area contributed by atoms with E-state index in [4.69, 9.17) is 4.74 Å². The van der Waals surface area contributed by atoms with Gasteiger partial charge in [-0.1, -0.05) is 19.3 Å². The van der Waals surface area contributed by atoms with Gasteiger partial charge in [0.2, 0.25) is 0 Å². The van der Waals surface area contributed by atoms with E-state index in [1.165, 1.54) is 44.1 Å². The third kappa shape index (κ3) is 3.02. The number of aromatic nitrogens is 2. The molecule has 0 aliphatic heterocycles. The Morgan fingerprint density at radius 1 is 1.38 bits per heavy atom. The number of hydrogen-bond acceptors (Lipinski definition) is 3. The van der Waals surface area contributed by atoms with Gasteiger partial charge in [-0.15, -0.1) is 0 Å². The van der Waals surface area contributed by atoms with E-state index in [2.05, 4.69) is 30.5 Å². The van der Waals surface area contributed by atoms with E-state index in [1.807, 2.05) is 10.9 Å². The van der Waals surface area contributed by atoms with Crippen molar-refractivity contribution in [1.29, 1.82) is 0 Å². The predicted molar refractivity (Wildman–Crippen MR) is 84.3 cm³/mol. The van der Waals surface area contributed by atoms with Crippen LogP contribution in [0.3, 0.4) is 0 Å². The second-order valence-corrected chi connectivity index (χ2v) is 6.76.